The van der Waals surface area contributed by atoms with Crippen molar-refractivity contribution in [2.75, 3.05) is 5.32 Å². The number of carbonyl (C=O) groups excluding carboxylic acids is 1. The van der Waals surface area contributed by atoms with Gasteiger partial charge in [0.05, 0.1) is 15.7 Å². The quantitative estimate of drug-likeness (QED) is 0.846. The van der Waals surface area contributed by atoms with Gasteiger partial charge in [-0.1, -0.05) is 0 Å². The molecule has 0 aliphatic carbocycles. The molecule has 0 bridgehead atoms. The third-order valence-corrected chi connectivity index (χ3v) is 2.55. The zero-order valence-corrected chi connectivity index (χ0v) is 11.0. The average molecular weight is 288 g/mol. The Balaban J connectivity index is 3.00. The van der Waals surface area contributed by atoms with Gasteiger partial charge in [0.2, 0.25) is 5.91 Å². The summed E-state index contributed by atoms with van der Waals surface area (Å²) in [7, 11) is 1.61. The fraction of sp³-hybridized carbons (Fsp3) is 0.400. The van der Waals surface area contributed by atoms with Gasteiger partial charge in [-0.05, 0) is 35.8 Å². The van der Waals surface area contributed by atoms with Crippen LogP contribution in [0, 0.1) is 0 Å². The second-order valence-electron chi connectivity index (χ2n) is 4.17. The van der Waals surface area contributed by atoms with Crippen LogP contribution in [0.15, 0.2) is 21.5 Å². The van der Waals surface area contributed by atoms with Gasteiger partial charge in [0.25, 0.3) is 5.56 Å². The topological polar surface area (TPSA) is 77.1 Å². The lowest BCUT2D eigenvalue weighted by Gasteiger charge is -2.18. The van der Waals surface area contributed by atoms with Crippen molar-refractivity contribution < 1.29 is 4.79 Å². The summed E-state index contributed by atoms with van der Waals surface area (Å²) in [5.74, 6) is -0.307. The Labute approximate surface area is 102 Å². The molecule has 0 spiro atoms. The van der Waals surface area contributed by atoms with Crippen LogP contribution >= 0.6 is 15.9 Å². The maximum atomic E-state index is 11.6. The molecule has 3 N–H and O–H groups in total. The molecule has 1 heterocycles. The van der Waals surface area contributed by atoms with E-state index in [4.69, 9.17) is 5.73 Å². The van der Waals surface area contributed by atoms with Gasteiger partial charge in [-0.25, -0.2) is 0 Å². The van der Waals surface area contributed by atoms with Gasteiger partial charge in [0, 0.05) is 13.2 Å². The molecule has 0 aliphatic heterocycles. The Bertz CT molecular complexity index is 448. The van der Waals surface area contributed by atoms with Gasteiger partial charge in [-0.15, -0.1) is 0 Å². The fourth-order valence-electron chi connectivity index (χ4n) is 1.03. The highest BCUT2D eigenvalue weighted by atomic mass is 79.9. The molecule has 88 valence electrons. The molecule has 6 heteroatoms. The molecule has 0 aliphatic rings. The van der Waals surface area contributed by atoms with Crippen molar-refractivity contribution >= 4 is 27.5 Å². The lowest BCUT2D eigenvalue weighted by atomic mass is 10.1. The van der Waals surface area contributed by atoms with Gasteiger partial charge < -0.3 is 15.6 Å². The number of halogens is 1. The molecule has 0 saturated carbocycles. The molecule has 1 rings (SSSR count). The largest absolute Gasteiger partial charge is 0.323 e. The SMILES string of the molecule is Cn1cc(NC(=O)C(C)(C)N)cc(Br)c1=O. The summed E-state index contributed by atoms with van der Waals surface area (Å²) in [5.41, 5.74) is 5.05. The fourth-order valence-corrected chi connectivity index (χ4v) is 1.56. The maximum absolute atomic E-state index is 11.6. The number of nitrogens with two attached hydrogens (primary N) is 1. The van der Waals surface area contributed by atoms with Crippen LogP contribution in [0.25, 0.3) is 0 Å². The van der Waals surface area contributed by atoms with Crippen molar-refractivity contribution in [2.45, 2.75) is 19.4 Å². The predicted octanol–water partition coefficient (Wildman–Crippen LogP) is 0.824. The first-order chi connectivity index (χ1) is 7.21. The summed E-state index contributed by atoms with van der Waals surface area (Å²) in [5, 5.41) is 2.64. The highest BCUT2D eigenvalue weighted by Gasteiger charge is 2.22. The summed E-state index contributed by atoms with van der Waals surface area (Å²) in [4.78, 5) is 23.0. The number of anilines is 1. The van der Waals surface area contributed by atoms with Gasteiger partial charge in [-0.2, -0.15) is 0 Å². The van der Waals surface area contributed by atoms with Crippen LogP contribution in [0.4, 0.5) is 5.69 Å². The Morgan fingerprint density at radius 1 is 1.56 bits per heavy atom. The van der Waals surface area contributed by atoms with Crippen LogP contribution in [-0.4, -0.2) is 16.0 Å². The summed E-state index contributed by atoms with van der Waals surface area (Å²) in [6.45, 7) is 3.22. The zero-order valence-electron chi connectivity index (χ0n) is 9.37. The minimum atomic E-state index is -0.957. The van der Waals surface area contributed by atoms with Crippen molar-refractivity contribution in [2.24, 2.45) is 12.8 Å². The van der Waals surface area contributed by atoms with E-state index in [1.165, 1.54) is 10.8 Å². The van der Waals surface area contributed by atoms with Gasteiger partial charge in [0.15, 0.2) is 0 Å². The summed E-state index contributed by atoms with van der Waals surface area (Å²) >= 11 is 3.12. The van der Waals surface area contributed by atoms with Crippen LogP contribution in [-0.2, 0) is 11.8 Å². The number of aryl methyl sites for hydroxylation is 1. The average Bonchev–Trinajstić information content (AvgIpc) is 2.12. The number of nitrogens with one attached hydrogen (secondary N) is 1. The van der Waals surface area contributed by atoms with Crippen molar-refractivity contribution in [3.05, 3.63) is 27.1 Å². The molecule has 0 fully saturated rings. The van der Waals surface area contributed by atoms with Gasteiger partial charge >= 0.3 is 0 Å². The van der Waals surface area contributed by atoms with Gasteiger partial charge in [-0.3, -0.25) is 9.59 Å². The minimum absolute atomic E-state index is 0.162. The number of aromatic nitrogens is 1. The van der Waals surface area contributed by atoms with Crippen LogP contribution < -0.4 is 16.6 Å². The predicted molar refractivity (Wildman–Crippen MR) is 66.3 cm³/mol. The summed E-state index contributed by atoms with van der Waals surface area (Å²) < 4.78 is 1.77. The first kappa shape index (κ1) is 12.9. The Morgan fingerprint density at radius 3 is 2.56 bits per heavy atom. The molecule has 1 amide bonds. The Hall–Kier alpha value is -1.14. The highest BCUT2D eigenvalue weighted by Crippen LogP contribution is 2.12. The molecular weight excluding hydrogens is 274 g/mol. The van der Waals surface area contributed by atoms with E-state index in [9.17, 15) is 9.59 Å². The Kier molecular flexibility index (Phi) is 3.54. The third kappa shape index (κ3) is 2.93. The van der Waals surface area contributed by atoms with Crippen molar-refractivity contribution in [3.8, 4) is 0 Å². The van der Waals surface area contributed by atoms with E-state index in [1.54, 1.807) is 27.0 Å². The molecule has 1 aromatic heterocycles. The number of nitrogens with zero attached hydrogens (tertiary/aromatic N) is 1. The standard InChI is InChI=1S/C10H14BrN3O2/c1-10(2,12)9(16)13-6-4-7(11)8(15)14(3)5-6/h4-5H,12H2,1-3H3,(H,13,16). The number of hydrogen-bond acceptors (Lipinski definition) is 3. The van der Waals surface area contributed by atoms with E-state index in [0.29, 0.717) is 10.2 Å². The van der Waals surface area contributed by atoms with Crippen LogP contribution in [0.2, 0.25) is 0 Å². The number of carbonyl (C=O) groups is 1. The first-order valence-corrected chi connectivity index (χ1v) is 5.47. The van der Waals surface area contributed by atoms with Crippen LogP contribution in [0.1, 0.15) is 13.8 Å². The Morgan fingerprint density at radius 2 is 2.12 bits per heavy atom. The lowest BCUT2D eigenvalue weighted by Crippen LogP contribution is -2.45. The number of amides is 1. The second-order valence-corrected chi connectivity index (χ2v) is 5.02. The van der Waals surface area contributed by atoms with Crippen LogP contribution in [0.3, 0.4) is 0 Å². The van der Waals surface area contributed by atoms with Crippen molar-refractivity contribution in [1.29, 1.82) is 0 Å². The maximum Gasteiger partial charge on any atom is 0.264 e. The summed E-state index contributed by atoms with van der Waals surface area (Å²) in [6.07, 6.45) is 1.54. The van der Waals surface area contributed by atoms with E-state index >= 15 is 0 Å². The molecule has 1 aromatic rings. The van der Waals surface area contributed by atoms with Crippen molar-refractivity contribution in [3.63, 3.8) is 0 Å². The smallest absolute Gasteiger partial charge is 0.264 e. The normalized spacial score (nSPS) is 11.3. The van der Waals surface area contributed by atoms with E-state index in [2.05, 4.69) is 21.2 Å². The number of pyridine rings is 1. The number of hydrogen-bond donors (Lipinski definition) is 2. The minimum Gasteiger partial charge on any atom is -0.323 e. The molecule has 0 aromatic carbocycles. The van der Waals surface area contributed by atoms with Crippen LogP contribution in [0.5, 0.6) is 0 Å². The molecule has 0 unspecified atom stereocenters. The van der Waals surface area contributed by atoms with E-state index in [1.807, 2.05) is 0 Å². The molecule has 0 saturated heterocycles. The second kappa shape index (κ2) is 4.39. The molecule has 0 radical (unpaired) electrons. The van der Waals surface area contributed by atoms with E-state index in [0.717, 1.165) is 0 Å². The van der Waals surface area contributed by atoms with Crippen molar-refractivity contribution in [1.82, 2.24) is 4.57 Å². The molecule has 16 heavy (non-hydrogen) atoms. The van der Waals surface area contributed by atoms with E-state index in [-0.39, 0.29) is 11.5 Å². The van der Waals surface area contributed by atoms with E-state index < -0.39 is 5.54 Å². The first-order valence-electron chi connectivity index (χ1n) is 4.68. The van der Waals surface area contributed by atoms with Gasteiger partial charge in [0.1, 0.15) is 0 Å². The molecule has 5 nitrogen and oxygen atoms in total. The summed E-state index contributed by atoms with van der Waals surface area (Å²) in [6, 6.07) is 1.55. The zero-order chi connectivity index (χ0) is 12.5. The molecule has 0 atom stereocenters. The third-order valence-electron chi connectivity index (χ3n) is 1.98. The monoisotopic (exact) mass is 287 g/mol. The molecular formula is C10H14BrN3O2. The highest BCUT2D eigenvalue weighted by molar-refractivity contribution is 9.10. The number of rotatable bonds is 2. The lowest BCUT2D eigenvalue weighted by molar-refractivity contribution is -0.120.